The number of rotatable bonds is 5. The lowest BCUT2D eigenvalue weighted by Crippen LogP contribution is -2.07. The van der Waals surface area contributed by atoms with Crippen LogP contribution in [0.3, 0.4) is 0 Å². The standard InChI is InChI=1S/C17H21N5O/c1-4-11(3)22-16-13(18)9-14(21-15(16)10-20-22)12-7-6-8-19-17(12)23-5-2/h6-11H,4-5H2,1-3H3,(H2,18,21). The summed E-state index contributed by atoms with van der Waals surface area (Å²) in [5.74, 6) is 0.565. The van der Waals surface area contributed by atoms with Gasteiger partial charge < -0.3 is 10.5 Å². The summed E-state index contributed by atoms with van der Waals surface area (Å²) >= 11 is 0. The average molecular weight is 311 g/mol. The molecule has 2 N–H and O–H groups in total. The van der Waals surface area contributed by atoms with Crippen LogP contribution in [0.4, 0.5) is 5.69 Å². The molecule has 0 aliphatic heterocycles. The van der Waals surface area contributed by atoms with Gasteiger partial charge in [0.15, 0.2) is 0 Å². The predicted octanol–water partition coefficient (Wildman–Crippen LogP) is 3.45. The number of hydrogen-bond donors (Lipinski definition) is 1. The molecule has 6 nitrogen and oxygen atoms in total. The molecule has 0 aliphatic rings. The molecule has 0 saturated heterocycles. The van der Waals surface area contributed by atoms with Gasteiger partial charge in [-0.3, -0.25) is 4.68 Å². The van der Waals surface area contributed by atoms with Crippen molar-refractivity contribution in [3.63, 3.8) is 0 Å². The summed E-state index contributed by atoms with van der Waals surface area (Å²) < 4.78 is 7.53. The zero-order valence-electron chi connectivity index (χ0n) is 13.7. The number of fused-ring (bicyclic) bond motifs is 1. The number of aromatic nitrogens is 4. The van der Waals surface area contributed by atoms with E-state index < -0.39 is 0 Å². The monoisotopic (exact) mass is 311 g/mol. The number of hydrogen-bond acceptors (Lipinski definition) is 5. The largest absolute Gasteiger partial charge is 0.477 e. The van der Waals surface area contributed by atoms with Crippen LogP contribution >= 0.6 is 0 Å². The summed E-state index contributed by atoms with van der Waals surface area (Å²) in [4.78, 5) is 8.98. The molecular formula is C17H21N5O. The second-order valence-electron chi connectivity index (χ2n) is 5.47. The highest BCUT2D eigenvalue weighted by molar-refractivity contribution is 5.90. The summed E-state index contributed by atoms with van der Waals surface area (Å²) in [6.45, 7) is 6.72. The average Bonchev–Trinajstić information content (AvgIpc) is 2.99. The molecule has 0 aromatic carbocycles. The molecule has 120 valence electrons. The van der Waals surface area contributed by atoms with Crippen molar-refractivity contribution in [1.29, 1.82) is 0 Å². The topological polar surface area (TPSA) is 78.9 Å². The molecule has 6 heteroatoms. The van der Waals surface area contributed by atoms with Crippen molar-refractivity contribution in [2.45, 2.75) is 33.2 Å². The van der Waals surface area contributed by atoms with Gasteiger partial charge in [-0.15, -0.1) is 0 Å². The molecule has 1 unspecified atom stereocenters. The first kappa shape index (κ1) is 15.3. The third-order valence-corrected chi connectivity index (χ3v) is 3.92. The van der Waals surface area contributed by atoms with Crippen molar-refractivity contribution in [2.75, 3.05) is 12.3 Å². The minimum Gasteiger partial charge on any atom is -0.477 e. The van der Waals surface area contributed by atoms with Gasteiger partial charge in [-0.2, -0.15) is 5.10 Å². The fraction of sp³-hybridized carbons (Fsp3) is 0.353. The van der Waals surface area contributed by atoms with Gasteiger partial charge in [0.2, 0.25) is 5.88 Å². The normalized spacial score (nSPS) is 12.5. The smallest absolute Gasteiger partial charge is 0.222 e. The van der Waals surface area contributed by atoms with E-state index in [9.17, 15) is 0 Å². The molecule has 0 amide bonds. The van der Waals surface area contributed by atoms with Crippen LogP contribution in [0.1, 0.15) is 33.2 Å². The maximum Gasteiger partial charge on any atom is 0.222 e. The fourth-order valence-corrected chi connectivity index (χ4v) is 2.58. The van der Waals surface area contributed by atoms with Crippen molar-refractivity contribution in [2.24, 2.45) is 0 Å². The van der Waals surface area contributed by atoms with E-state index in [-0.39, 0.29) is 6.04 Å². The molecule has 0 aliphatic carbocycles. The third-order valence-electron chi connectivity index (χ3n) is 3.92. The number of ether oxygens (including phenoxy) is 1. The van der Waals surface area contributed by atoms with Gasteiger partial charge >= 0.3 is 0 Å². The van der Waals surface area contributed by atoms with Gasteiger partial charge in [-0.05, 0) is 38.5 Å². The Morgan fingerprint density at radius 1 is 1.35 bits per heavy atom. The lowest BCUT2D eigenvalue weighted by atomic mass is 10.1. The zero-order valence-corrected chi connectivity index (χ0v) is 13.7. The van der Waals surface area contributed by atoms with Crippen LogP contribution in [0.2, 0.25) is 0 Å². The minimum absolute atomic E-state index is 0.278. The van der Waals surface area contributed by atoms with Crippen LogP contribution < -0.4 is 10.5 Å². The first-order valence-electron chi connectivity index (χ1n) is 7.87. The lowest BCUT2D eigenvalue weighted by molar-refractivity contribution is 0.328. The molecule has 0 saturated carbocycles. The molecule has 0 bridgehead atoms. The van der Waals surface area contributed by atoms with E-state index in [1.54, 1.807) is 12.4 Å². The minimum atomic E-state index is 0.278. The lowest BCUT2D eigenvalue weighted by Gasteiger charge is -2.13. The Hall–Kier alpha value is -2.63. The molecule has 3 aromatic rings. The van der Waals surface area contributed by atoms with Gasteiger partial charge in [0.05, 0.1) is 29.7 Å². The number of nitrogen functional groups attached to an aromatic ring is 1. The fourth-order valence-electron chi connectivity index (χ4n) is 2.58. The van der Waals surface area contributed by atoms with Crippen molar-refractivity contribution in [3.05, 3.63) is 30.6 Å². The quantitative estimate of drug-likeness (QED) is 0.780. The van der Waals surface area contributed by atoms with E-state index in [0.717, 1.165) is 28.7 Å². The first-order chi connectivity index (χ1) is 11.2. The molecular weight excluding hydrogens is 290 g/mol. The summed E-state index contributed by atoms with van der Waals surface area (Å²) in [6.07, 6.45) is 4.45. The SMILES string of the molecule is CCOc1ncccc1-c1cc(N)c2c(cnn2C(C)CC)n1. The van der Waals surface area contributed by atoms with Crippen LogP contribution in [0, 0.1) is 0 Å². The maximum absolute atomic E-state index is 6.29. The molecule has 0 spiro atoms. The van der Waals surface area contributed by atoms with Crippen LogP contribution in [0.25, 0.3) is 22.3 Å². The predicted molar refractivity (Wildman–Crippen MR) is 91.3 cm³/mol. The van der Waals surface area contributed by atoms with Crippen molar-refractivity contribution >= 4 is 16.7 Å². The number of nitrogens with two attached hydrogens (primary N) is 1. The van der Waals surface area contributed by atoms with Gasteiger partial charge in [-0.1, -0.05) is 6.92 Å². The Labute approximate surface area is 135 Å². The number of pyridine rings is 2. The van der Waals surface area contributed by atoms with Crippen LogP contribution in [-0.4, -0.2) is 26.4 Å². The summed E-state index contributed by atoms with van der Waals surface area (Å²) in [5, 5.41) is 4.45. The van der Waals surface area contributed by atoms with Crippen LogP contribution in [0.15, 0.2) is 30.6 Å². The second kappa shape index (κ2) is 6.24. The highest BCUT2D eigenvalue weighted by Gasteiger charge is 2.16. The molecule has 3 heterocycles. The van der Waals surface area contributed by atoms with Crippen LogP contribution in [0.5, 0.6) is 5.88 Å². The highest BCUT2D eigenvalue weighted by atomic mass is 16.5. The van der Waals surface area contributed by atoms with Crippen molar-refractivity contribution < 1.29 is 4.74 Å². The number of anilines is 1. The molecule has 23 heavy (non-hydrogen) atoms. The van der Waals surface area contributed by atoms with Crippen LogP contribution in [-0.2, 0) is 0 Å². The first-order valence-corrected chi connectivity index (χ1v) is 7.87. The third kappa shape index (κ3) is 2.72. The summed E-state index contributed by atoms with van der Waals surface area (Å²) in [6, 6.07) is 5.94. The van der Waals surface area contributed by atoms with E-state index in [4.69, 9.17) is 15.5 Å². The molecule has 0 radical (unpaired) electrons. The van der Waals surface area contributed by atoms with Gasteiger partial charge in [0.25, 0.3) is 0 Å². The number of nitrogens with zero attached hydrogens (tertiary/aromatic N) is 4. The van der Waals surface area contributed by atoms with E-state index in [2.05, 4.69) is 23.9 Å². The zero-order chi connectivity index (χ0) is 16.4. The Morgan fingerprint density at radius 2 is 2.17 bits per heavy atom. The van der Waals surface area contributed by atoms with Gasteiger partial charge in [0, 0.05) is 12.2 Å². The van der Waals surface area contributed by atoms with E-state index in [1.165, 1.54) is 0 Å². The summed E-state index contributed by atoms with van der Waals surface area (Å²) in [5.41, 5.74) is 10.2. The molecule has 1 atom stereocenters. The van der Waals surface area contributed by atoms with E-state index in [1.807, 2.05) is 29.8 Å². The Morgan fingerprint density at radius 3 is 2.91 bits per heavy atom. The molecule has 3 rings (SSSR count). The second-order valence-corrected chi connectivity index (χ2v) is 5.47. The highest BCUT2D eigenvalue weighted by Crippen LogP contribution is 2.32. The van der Waals surface area contributed by atoms with Crippen molar-refractivity contribution in [3.8, 4) is 17.1 Å². The van der Waals surface area contributed by atoms with Gasteiger partial charge in [-0.25, -0.2) is 9.97 Å². The van der Waals surface area contributed by atoms with Gasteiger partial charge in [0.1, 0.15) is 11.0 Å². The van der Waals surface area contributed by atoms with E-state index in [0.29, 0.717) is 18.2 Å². The Balaban J connectivity index is 2.15. The molecule has 3 aromatic heterocycles. The summed E-state index contributed by atoms with van der Waals surface area (Å²) in [7, 11) is 0. The molecule has 0 fully saturated rings. The Bertz CT molecular complexity index is 827. The van der Waals surface area contributed by atoms with Crippen molar-refractivity contribution in [1.82, 2.24) is 19.7 Å². The van der Waals surface area contributed by atoms with E-state index >= 15 is 0 Å². The Kier molecular flexibility index (Phi) is 4.14. The maximum atomic E-state index is 6.29.